The van der Waals surface area contributed by atoms with E-state index in [1.807, 2.05) is 30.3 Å². The Kier molecular flexibility index (Phi) is 8.63. The highest BCUT2D eigenvalue weighted by molar-refractivity contribution is 5.75. The van der Waals surface area contributed by atoms with Gasteiger partial charge in [-0.3, -0.25) is 4.79 Å². The van der Waals surface area contributed by atoms with Gasteiger partial charge in [-0.05, 0) is 5.56 Å². The standard InChI is InChI=1S/C15H22N2O5/c1-20-11-13(14(18)21-2)16-8-9-17-15(19)22-10-12-6-4-3-5-7-12/h3-7,13,16H,8-11H2,1-2H3,(H,17,19)/t13-/m1/s1. The molecule has 2 N–H and O–H groups in total. The third-order valence-corrected chi connectivity index (χ3v) is 2.82. The lowest BCUT2D eigenvalue weighted by atomic mass is 10.2. The van der Waals surface area contributed by atoms with Crippen LogP contribution in [-0.2, 0) is 25.6 Å². The number of methoxy groups -OCH3 is 2. The number of nitrogens with one attached hydrogen (secondary N) is 2. The van der Waals surface area contributed by atoms with Gasteiger partial charge in [-0.15, -0.1) is 0 Å². The lowest BCUT2D eigenvalue weighted by molar-refractivity contribution is -0.144. The van der Waals surface area contributed by atoms with Crippen molar-refractivity contribution >= 4 is 12.1 Å². The van der Waals surface area contributed by atoms with Crippen LogP contribution in [0.15, 0.2) is 30.3 Å². The van der Waals surface area contributed by atoms with Crippen molar-refractivity contribution in [2.24, 2.45) is 0 Å². The van der Waals surface area contributed by atoms with E-state index in [2.05, 4.69) is 15.4 Å². The minimum atomic E-state index is -0.558. The van der Waals surface area contributed by atoms with E-state index in [-0.39, 0.29) is 13.2 Å². The molecule has 0 unspecified atom stereocenters. The number of carbonyl (C=O) groups excluding carboxylic acids is 2. The normalized spacial score (nSPS) is 11.5. The first kappa shape index (κ1) is 17.9. The average Bonchev–Trinajstić information content (AvgIpc) is 2.56. The van der Waals surface area contributed by atoms with Crippen LogP contribution in [0.1, 0.15) is 5.56 Å². The molecule has 0 saturated heterocycles. The number of alkyl carbamates (subject to hydrolysis) is 1. The lowest BCUT2D eigenvalue weighted by Gasteiger charge is -2.15. The van der Waals surface area contributed by atoms with Crippen LogP contribution in [-0.4, -0.2) is 52.0 Å². The second-order valence-electron chi connectivity index (χ2n) is 4.47. The fraction of sp³-hybridized carbons (Fsp3) is 0.467. The van der Waals surface area contributed by atoms with Gasteiger partial charge in [-0.1, -0.05) is 30.3 Å². The van der Waals surface area contributed by atoms with Crippen LogP contribution >= 0.6 is 0 Å². The Labute approximate surface area is 129 Å². The van der Waals surface area contributed by atoms with Crippen LogP contribution in [0.25, 0.3) is 0 Å². The maximum atomic E-state index is 11.5. The fourth-order valence-electron chi connectivity index (χ4n) is 1.70. The van der Waals surface area contributed by atoms with Gasteiger partial charge in [0.2, 0.25) is 0 Å². The molecule has 7 nitrogen and oxygen atoms in total. The van der Waals surface area contributed by atoms with E-state index >= 15 is 0 Å². The molecule has 0 radical (unpaired) electrons. The van der Waals surface area contributed by atoms with Gasteiger partial charge in [-0.25, -0.2) is 4.79 Å². The predicted octanol–water partition coefficient (Wildman–Crippen LogP) is 0.690. The van der Waals surface area contributed by atoms with Gasteiger partial charge in [0.25, 0.3) is 0 Å². The van der Waals surface area contributed by atoms with Gasteiger partial charge in [-0.2, -0.15) is 0 Å². The summed E-state index contributed by atoms with van der Waals surface area (Å²) in [5.41, 5.74) is 0.918. The summed E-state index contributed by atoms with van der Waals surface area (Å²) in [5, 5.41) is 5.52. The Morgan fingerprint density at radius 3 is 2.50 bits per heavy atom. The Hall–Kier alpha value is -2.12. The monoisotopic (exact) mass is 310 g/mol. The summed E-state index contributed by atoms with van der Waals surface area (Å²) >= 11 is 0. The Balaban J connectivity index is 2.17. The number of hydrogen-bond donors (Lipinski definition) is 2. The number of amides is 1. The van der Waals surface area contributed by atoms with Crippen LogP contribution in [0, 0.1) is 0 Å². The van der Waals surface area contributed by atoms with Gasteiger partial charge >= 0.3 is 12.1 Å². The Bertz CT molecular complexity index is 453. The van der Waals surface area contributed by atoms with Crippen molar-refractivity contribution in [3.63, 3.8) is 0 Å². The van der Waals surface area contributed by atoms with E-state index in [4.69, 9.17) is 9.47 Å². The van der Waals surface area contributed by atoms with Crippen molar-refractivity contribution in [3.05, 3.63) is 35.9 Å². The molecule has 0 bridgehead atoms. The second kappa shape index (κ2) is 10.6. The molecule has 0 aliphatic rings. The zero-order chi connectivity index (χ0) is 16.2. The Morgan fingerprint density at radius 2 is 1.86 bits per heavy atom. The third kappa shape index (κ3) is 7.05. The highest BCUT2D eigenvalue weighted by Gasteiger charge is 2.17. The first-order valence-corrected chi connectivity index (χ1v) is 6.92. The highest BCUT2D eigenvalue weighted by atomic mass is 16.5. The predicted molar refractivity (Wildman–Crippen MR) is 80.3 cm³/mol. The molecule has 7 heteroatoms. The molecule has 122 valence electrons. The van der Waals surface area contributed by atoms with Crippen molar-refractivity contribution < 1.29 is 23.8 Å². The summed E-state index contributed by atoms with van der Waals surface area (Å²) in [4.78, 5) is 22.9. The summed E-state index contributed by atoms with van der Waals surface area (Å²) in [5.74, 6) is -0.409. The molecule has 1 aromatic carbocycles. The van der Waals surface area contributed by atoms with Crippen LogP contribution in [0.4, 0.5) is 4.79 Å². The average molecular weight is 310 g/mol. The Morgan fingerprint density at radius 1 is 1.14 bits per heavy atom. The lowest BCUT2D eigenvalue weighted by Crippen LogP contribution is -2.44. The van der Waals surface area contributed by atoms with E-state index in [0.29, 0.717) is 13.1 Å². The SMILES string of the molecule is COC[C@@H](NCCNC(=O)OCc1ccccc1)C(=O)OC. The van der Waals surface area contributed by atoms with Gasteiger partial charge in [0.15, 0.2) is 0 Å². The topological polar surface area (TPSA) is 85.9 Å². The molecule has 0 saturated carbocycles. The van der Waals surface area contributed by atoms with Crippen molar-refractivity contribution in [2.75, 3.05) is 33.9 Å². The van der Waals surface area contributed by atoms with Crippen molar-refractivity contribution in [1.29, 1.82) is 0 Å². The van der Waals surface area contributed by atoms with Crippen LogP contribution in [0.2, 0.25) is 0 Å². The summed E-state index contributed by atoms with van der Waals surface area (Å²) in [6.07, 6.45) is -0.507. The molecule has 0 aliphatic heterocycles. The fourth-order valence-corrected chi connectivity index (χ4v) is 1.70. The minimum Gasteiger partial charge on any atom is -0.468 e. The molecule has 1 aromatic rings. The molecule has 0 aliphatic carbocycles. The van der Waals surface area contributed by atoms with E-state index in [0.717, 1.165) is 5.56 Å². The zero-order valence-corrected chi connectivity index (χ0v) is 12.8. The number of ether oxygens (including phenoxy) is 3. The summed E-state index contributed by atoms with van der Waals surface area (Å²) < 4.78 is 14.6. The van der Waals surface area contributed by atoms with Crippen molar-refractivity contribution in [3.8, 4) is 0 Å². The van der Waals surface area contributed by atoms with Crippen molar-refractivity contribution in [1.82, 2.24) is 10.6 Å². The molecule has 1 amide bonds. The summed E-state index contributed by atoms with van der Waals surface area (Å²) in [6, 6.07) is 8.85. The van der Waals surface area contributed by atoms with E-state index in [9.17, 15) is 9.59 Å². The van der Waals surface area contributed by atoms with Crippen LogP contribution in [0.5, 0.6) is 0 Å². The first-order chi connectivity index (χ1) is 10.7. The quantitative estimate of drug-likeness (QED) is 0.515. The van der Waals surface area contributed by atoms with Crippen molar-refractivity contribution in [2.45, 2.75) is 12.6 Å². The second-order valence-corrected chi connectivity index (χ2v) is 4.47. The van der Waals surface area contributed by atoms with Crippen LogP contribution in [0.3, 0.4) is 0 Å². The molecular formula is C15H22N2O5. The van der Waals surface area contributed by atoms with Gasteiger partial charge in [0, 0.05) is 20.2 Å². The number of carbonyl (C=O) groups is 2. The maximum absolute atomic E-state index is 11.5. The molecule has 1 atom stereocenters. The zero-order valence-electron chi connectivity index (χ0n) is 12.8. The number of hydrogen-bond acceptors (Lipinski definition) is 6. The largest absolute Gasteiger partial charge is 0.468 e. The highest BCUT2D eigenvalue weighted by Crippen LogP contribution is 2.00. The molecule has 22 heavy (non-hydrogen) atoms. The first-order valence-electron chi connectivity index (χ1n) is 6.92. The van der Waals surface area contributed by atoms with Gasteiger partial charge in [0.05, 0.1) is 13.7 Å². The number of rotatable bonds is 9. The van der Waals surface area contributed by atoms with E-state index in [1.54, 1.807) is 0 Å². The molecule has 0 aromatic heterocycles. The summed E-state index contributed by atoms with van der Waals surface area (Å²) in [6.45, 7) is 1.13. The molecule has 0 fully saturated rings. The van der Waals surface area contributed by atoms with Crippen LogP contribution < -0.4 is 10.6 Å². The molecule has 0 spiro atoms. The van der Waals surface area contributed by atoms with E-state index < -0.39 is 18.1 Å². The molecule has 1 rings (SSSR count). The third-order valence-electron chi connectivity index (χ3n) is 2.82. The van der Waals surface area contributed by atoms with Gasteiger partial charge < -0.3 is 24.8 Å². The summed E-state index contributed by atoms with van der Waals surface area (Å²) in [7, 11) is 2.81. The maximum Gasteiger partial charge on any atom is 0.407 e. The van der Waals surface area contributed by atoms with Gasteiger partial charge in [0.1, 0.15) is 12.6 Å². The van der Waals surface area contributed by atoms with E-state index in [1.165, 1.54) is 14.2 Å². The molecule has 0 heterocycles. The number of esters is 1. The molecular weight excluding hydrogens is 288 g/mol. The smallest absolute Gasteiger partial charge is 0.407 e. The number of benzene rings is 1. The minimum absolute atomic E-state index is 0.200.